The SMILES string of the molecule is CC.CC.Nc1cccc(-n2ccc3ccc(Cl)nc32)c1. The number of rotatable bonds is 1. The Kier molecular flexibility index (Phi) is 6.76. The summed E-state index contributed by atoms with van der Waals surface area (Å²) in [6.45, 7) is 8.00. The van der Waals surface area contributed by atoms with Crippen molar-refractivity contribution in [2.75, 3.05) is 5.73 Å². The van der Waals surface area contributed by atoms with Crippen molar-refractivity contribution in [3.8, 4) is 5.69 Å². The Labute approximate surface area is 131 Å². The number of halogens is 1. The van der Waals surface area contributed by atoms with E-state index in [1.165, 1.54) is 0 Å². The van der Waals surface area contributed by atoms with Crippen LogP contribution in [0, 0.1) is 0 Å². The average Bonchev–Trinajstić information content (AvgIpc) is 2.94. The fourth-order valence-electron chi connectivity index (χ4n) is 1.87. The lowest BCUT2D eigenvalue weighted by molar-refractivity contribution is 1.09. The maximum atomic E-state index is 5.92. The molecule has 3 aromatic rings. The highest BCUT2D eigenvalue weighted by atomic mass is 35.5. The molecule has 1 aromatic carbocycles. The summed E-state index contributed by atoms with van der Waals surface area (Å²) in [5.74, 6) is 0. The van der Waals surface area contributed by atoms with Gasteiger partial charge in [-0.15, -0.1) is 0 Å². The molecule has 3 nitrogen and oxygen atoms in total. The molecule has 3 rings (SSSR count). The van der Waals surface area contributed by atoms with Crippen molar-refractivity contribution in [3.63, 3.8) is 0 Å². The van der Waals surface area contributed by atoms with Crippen LogP contribution in [0.3, 0.4) is 0 Å². The van der Waals surface area contributed by atoms with Crippen molar-refractivity contribution in [1.29, 1.82) is 0 Å². The Morgan fingerprint density at radius 2 is 1.71 bits per heavy atom. The molecule has 2 heterocycles. The minimum Gasteiger partial charge on any atom is -0.399 e. The van der Waals surface area contributed by atoms with Crippen LogP contribution in [-0.4, -0.2) is 9.55 Å². The standard InChI is InChI=1S/C13H10ClN3.2C2H6/c14-12-5-4-9-6-7-17(13(9)16-12)11-3-1-2-10(15)8-11;2*1-2/h1-8H,15H2;2*1-2H3. The van der Waals surface area contributed by atoms with E-state index in [-0.39, 0.29) is 0 Å². The molecule has 0 aliphatic rings. The molecule has 0 bridgehead atoms. The number of nitrogen functional groups attached to an aromatic ring is 1. The molecule has 0 spiro atoms. The lowest BCUT2D eigenvalue weighted by Crippen LogP contribution is -1.95. The highest BCUT2D eigenvalue weighted by Crippen LogP contribution is 2.21. The van der Waals surface area contributed by atoms with E-state index in [0.717, 1.165) is 22.4 Å². The zero-order valence-electron chi connectivity index (χ0n) is 13.0. The fourth-order valence-corrected chi connectivity index (χ4v) is 2.01. The summed E-state index contributed by atoms with van der Waals surface area (Å²) < 4.78 is 1.97. The van der Waals surface area contributed by atoms with Crippen LogP contribution < -0.4 is 5.73 Å². The Morgan fingerprint density at radius 3 is 2.38 bits per heavy atom. The van der Waals surface area contributed by atoms with Gasteiger partial charge in [-0.3, -0.25) is 0 Å². The number of hydrogen-bond donors (Lipinski definition) is 1. The molecular formula is C17H22ClN3. The Balaban J connectivity index is 0.000000510. The van der Waals surface area contributed by atoms with Gasteiger partial charge in [-0.05, 0) is 36.4 Å². The topological polar surface area (TPSA) is 43.8 Å². The van der Waals surface area contributed by atoms with Gasteiger partial charge in [-0.25, -0.2) is 4.98 Å². The van der Waals surface area contributed by atoms with Crippen LogP contribution in [0.15, 0.2) is 48.7 Å². The van der Waals surface area contributed by atoms with Crippen LogP contribution in [0.2, 0.25) is 5.15 Å². The summed E-state index contributed by atoms with van der Waals surface area (Å²) in [4.78, 5) is 4.33. The Morgan fingerprint density at radius 1 is 1.00 bits per heavy atom. The molecule has 4 heteroatoms. The van der Waals surface area contributed by atoms with Crippen molar-refractivity contribution in [1.82, 2.24) is 9.55 Å². The highest BCUT2D eigenvalue weighted by Gasteiger charge is 2.05. The summed E-state index contributed by atoms with van der Waals surface area (Å²) in [6.07, 6.45) is 1.96. The number of aromatic nitrogens is 2. The van der Waals surface area contributed by atoms with Crippen molar-refractivity contribution in [3.05, 3.63) is 53.8 Å². The van der Waals surface area contributed by atoms with Gasteiger partial charge in [-0.2, -0.15) is 0 Å². The molecule has 0 atom stereocenters. The van der Waals surface area contributed by atoms with Gasteiger partial charge in [0.05, 0.1) is 0 Å². The maximum absolute atomic E-state index is 5.92. The predicted molar refractivity (Wildman–Crippen MR) is 93.2 cm³/mol. The van der Waals surface area contributed by atoms with Crippen molar-refractivity contribution in [2.45, 2.75) is 27.7 Å². The van der Waals surface area contributed by atoms with Crippen LogP contribution in [0.1, 0.15) is 27.7 Å². The minimum atomic E-state index is 0.487. The number of nitrogens with two attached hydrogens (primary N) is 1. The quantitative estimate of drug-likeness (QED) is 0.489. The van der Waals surface area contributed by atoms with E-state index in [9.17, 15) is 0 Å². The first kappa shape index (κ1) is 17.1. The van der Waals surface area contributed by atoms with E-state index in [4.69, 9.17) is 17.3 Å². The number of anilines is 1. The minimum absolute atomic E-state index is 0.487. The molecule has 0 aliphatic carbocycles. The maximum Gasteiger partial charge on any atom is 0.146 e. The molecule has 2 aromatic heterocycles. The molecule has 0 amide bonds. The number of pyridine rings is 1. The van der Waals surface area contributed by atoms with E-state index in [1.54, 1.807) is 6.07 Å². The van der Waals surface area contributed by atoms with E-state index in [0.29, 0.717) is 5.15 Å². The molecule has 0 aliphatic heterocycles. The molecule has 2 N–H and O–H groups in total. The Hall–Kier alpha value is -2.00. The second kappa shape index (κ2) is 8.32. The molecule has 0 radical (unpaired) electrons. The van der Waals surface area contributed by atoms with Crippen LogP contribution in [0.4, 0.5) is 5.69 Å². The van der Waals surface area contributed by atoms with Gasteiger partial charge in [0.1, 0.15) is 10.8 Å². The highest BCUT2D eigenvalue weighted by molar-refractivity contribution is 6.29. The van der Waals surface area contributed by atoms with Gasteiger partial charge in [0, 0.05) is 23.0 Å². The molecule has 0 saturated carbocycles. The number of hydrogen-bond acceptors (Lipinski definition) is 2. The third-order valence-corrected chi connectivity index (χ3v) is 2.86. The van der Waals surface area contributed by atoms with E-state index < -0.39 is 0 Å². The van der Waals surface area contributed by atoms with Gasteiger partial charge < -0.3 is 10.3 Å². The molecule has 21 heavy (non-hydrogen) atoms. The van der Waals surface area contributed by atoms with Crippen molar-refractivity contribution in [2.24, 2.45) is 0 Å². The monoisotopic (exact) mass is 303 g/mol. The molecule has 0 saturated heterocycles. The molecule has 0 unspecified atom stereocenters. The summed E-state index contributed by atoms with van der Waals surface area (Å²) in [5, 5.41) is 1.54. The zero-order valence-corrected chi connectivity index (χ0v) is 13.7. The van der Waals surface area contributed by atoms with E-state index >= 15 is 0 Å². The molecule has 0 fully saturated rings. The summed E-state index contributed by atoms with van der Waals surface area (Å²) in [5.41, 5.74) is 8.32. The van der Waals surface area contributed by atoms with E-state index in [1.807, 2.05) is 74.9 Å². The summed E-state index contributed by atoms with van der Waals surface area (Å²) in [6, 6.07) is 13.4. The van der Waals surface area contributed by atoms with Gasteiger partial charge in [0.15, 0.2) is 0 Å². The lowest BCUT2D eigenvalue weighted by Gasteiger charge is -2.05. The normalized spacial score (nSPS) is 9.38. The first-order chi connectivity index (χ1) is 10.2. The fraction of sp³-hybridized carbons (Fsp3) is 0.235. The van der Waals surface area contributed by atoms with Crippen LogP contribution in [0.5, 0.6) is 0 Å². The van der Waals surface area contributed by atoms with Crippen molar-refractivity contribution >= 4 is 28.3 Å². The second-order valence-corrected chi connectivity index (χ2v) is 4.21. The Bertz CT molecular complexity index is 689. The zero-order chi connectivity index (χ0) is 15.8. The second-order valence-electron chi connectivity index (χ2n) is 3.83. The van der Waals surface area contributed by atoms with E-state index in [2.05, 4.69) is 4.98 Å². The molecular weight excluding hydrogens is 282 g/mol. The third-order valence-electron chi connectivity index (χ3n) is 2.65. The third kappa shape index (κ3) is 3.99. The first-order valence-electron chi connectivity index (χ1n) is 7.23. The first-order valence-corrected chi connectivity index (χ1v) is 7.61. The van der Waals surface area contributed by atoms with Crippen LogP contribution >= 0.6 is 11.6 Å². The van der Waals surface area contributed by atoms with Crippen LogP contribution in [0.25, 0.3) is 16.7 Å². The van der Waals surface area contributed by atoms with Gasteiger partial charge in [0.2, 0.25) is 0 Å². The largest absolute Gasteiger partial charge is 0.399 e. The average molecular weight is 304 g/mol. The molecule has 112 valence electrons. The number of benzene rings is 1. The summed E-state index contributed by atoms with van der Waals surface area (Å²) >= 11 is 5.92. The summed E-state index contributed by atoms with van der Waals surface area (Å²) in [7, 11) is 0. The smallest absolute Gasteiger partial charge is 0.146 e. The number of nitrogens with zero attached hydrogens (tertiary/aromatic N) is 2. The van der Waals surface area contributed by atoms with Gasteiger partial charge >= 0.3 is 0 Å². The van der Waals surface area contributed by atoms with Crippen LogP contribution in [-0.2, 0) is 0 Å². The lowest BCUT2D eigenvalue weighted by atomic mass is 10.3. The van der Waals surface area contributed by atoms with Crippen molar-refractivity contribution < 1.29 is 0 Å². The van der Waals surface area contributed by atoms with Gasteiger partial charge in [-0.1, -0.05) is 45.4 Å². The van der Waals surface area contributed by atoms with Gasteiger partial charge in [0.25, 0.3) is 0 Å². The number of fused-ring (bicyclic) bond motifs is 1. The predicted octanol–water partition coefficient (Wildman–Crippen LogP) is 5.31.